The summed E-state index contributed by atoms with van der Waals surface area (Å²) in [5.41, 5.74) is -0.742. The molecule has 0 atom stereocenters. The molecular formula is C17H23FN2O4. The Kier molecular flexibility index (Phi) is 7.35. The van der Waals surface area contributed by atoms with Crippen LogP contribution >= 0.6 is 0 Å². The molecule has 0 bridgehead atoms. The first-order chi connectivity index (χ1) is 11.3. The molecule has 1 rings (SSSR count). The van der Waals surface area contributed by atoms with E-state index in [0.717, 1.165) is 0 Å². The Bertz CT molecular complexity index is 585. The maximum atomic E-state index is 12.8. The van der Waals surface area contributed by atoms with E-state index in [0.29, 0.717) is 18.5 Å². The quantitative estimate of drug-likeness (QED) is 0.559. The molecule has 6 nitrogen and oxygen atoms in total. The van der Waals surface area contributed by atoms with Crippen LogP contribution in [0.2, 0.25) is 0 Å². The lowest BCUT2D eigenvalue weighted by Gasteiger charge is -2.23. The number of hydrogen-bond donors (Lipinski definition) is 2. The molecule has 0 radical (unpaired) electrons. The number of ether oxygens (including phenoxy) is 1. The minimum Gasteiger partial charge on any atom is -0.464 e. The Morgan fingerprint density at radius 3 is 2.38 bits per heavy atom. The molecule has 0 aliphatic heterocycles. The summed E-state index contributed by atoms with van der Waals surface area (Å²) in [4.78, 5) is 35.3. The minimum absolute atomic E-state index is 0.159. The molecule has 0 fully saturated rings. The normalized spacial score (nSPS) is 10.8. The Labute approximate surface area is 140 Å². The van der Waals surface area contributed by atoms with Crippen LogP contribution in [0.1, 0.15) is 44.0 Å². The van der Waals surface area contributed by atoms with Gasteiger partial charge in [-0.3, -0.25) is 9.59 Å². The first-order valence-electron chi connectivity index (χ1n) is 7.78. The van der Waals surface area contributed by atoms with Gasteiger partial charge in [0, 0.05) is 18.5 Å². The van der Waals surface area contributed by atoms with Crippen molar-refractivity contribution in [2.45, 2.75) is 39.2 Å². The molecule has 7 heteroatoms. The fourth-order valence-electron chi connectivity index (χ4n) is 1.93. The van der Waals surface area contributed by atoms with Gasteiger partial charge < -0.3 is 15.4 Å². The Morgan fingerprint density at radius 2 is 1.79 bits per heavy atom. The first kappa shape index (κ1) is 19.6. The van der Waals surface area contributed by atoms with Crippen molar-refractivity contribution in [1.82, 2.24) is 10.6 Å². The smallest absolute Gasteiger partial charge is 0.331 e. The van der Waals surface area contributed by atoms with Gasteiger partial charge in [0.25, 0.3) is 5.91 Å². The van der Waals surface area contributed by atoms with E-state index >= 15 is 0 Å². The van der Waals surface area contributed by atoms with Gasteiger partial charge in [0.15, 0.2) is 0 Å². The minimum atomic E-state index is -1.09. The zero-order valence-corrected chi connectivity index (χ0v) is 14.1. The van der Waals surface area contributed by atoms with E-state index in [1.807, 2.05) is 0 Å². The summed E-state index contributed by atoms with van der Waals surface area (Å²) in [5.74, 6) is -1.54. The number of nitrogens with one attached hydrogen (secondary N) is 2. The number of benzene rings is 1. The van der Waals surface area contributed by atoms with E-state index in [-0.39, 0.29) is 24.8 Å². The molecule has 2 N–H and O–H groups in total. The average Bonchev–Trinajstić information content (AvgIpc) is 2.51. The molecule has 0 saturated heterocycles. The molecule has 0 aliphatic rings. The van der Waals surface area contributed by atoms with Crippen molar-refractivity contribution in [3.63, 3.8) is 0 Å². The second kappa shape index (κ2) is 9.00. The molecule has 0 aliphatic carbocycles. The Morgan fingerprint density at radius 1 is 1.17 bits per heavy atom. The molecule has 0 saturated carbocycles. The number of hydrogen-bond acceptors (Lipinski definition) is 4. The van der Waals surface area contributed by atoms with E-state index in [1.165, 1.54) is 24.3 Å². The van der Waals surface area contributed by atoms with E-state index in [2.05, 4.69) is 10.6 Å². The van der Waals surface area contributed by atoms with Crippen LogP contribution in [0.5, 0.6) is 0 Å². The maximum Gasteiger partial charge on any atom is 0.331 e. The van der Waals surface area contributed by atoms with Gasteiger partial charge in [0.1, 0.15) is 11.4 Å². The van der Waals surface area contributed by atoms with Crippen molar-refractivity contribution in [3.05, 3.63) is 35.6 Å². The van der Waals surface area contributed by atoms with Crippen LogP contribution in [0.25, 0.3) is 0 Å². The fourth-order valence-corrected chi connectivity index (χ4v) is 1.93. The molecule has 1 aromatic carbocycles. The zero-order chi connectivity index (χ0) is 18.2. The third kappa shape index (κ3) is 6.36. The molecule has 1 aromatic rings. The highest BCUT2D eigenvalue weighted by Crippen LogP contribution is 2.06. The monoisotopic (exact) mass is 338 g/mol. The predicted octanol–water partition coefficient (Wildman–Crippen LogP) is 1.79. The van der Waals surface area contributed by atoms with Crippen LogP contribution in [-0.2, 0) is 14.3 Å². The van der Waals surface area contributed by atoms with Crippen LogP contribution in [0, 0.1) is 5.82 Å². The maximum absolute atomic E-state index is 12.8. The highest BCUT2D eigenvalue weighted by Gasteiger charge is 2.30. The largest absolute Gasteiger partial charge is 0.464 e. The van der Waals surface area contributed by atoms with Gasteiger partial charge in [0.05, 0.1) is 6.61 Å². The van der Waals surface area contributed by atoms with Crippen LogP contribution < -0.4 is 10.6 Å². The summed E-state index contributed by atoms with van der Waals surface area (Å²) in [6.45, 7) is 5.37. The van der Waals surface area contributed by atoms with Gasteiger partial charge in [-0.1, -0.05) is 0 Å². The van der Waals surface area contributed by atoms with Crippen LogP contribution in [0.4, 0.5) is 4.39 Å². The highest BCUT2D eigenvalue weighted by molar-refractivity contribution is 5.94. The van der Waals surface area contributed by atoms with Gasteiger partial charge in [0.2, 0.25) is 5.91 Å². The van der Waals surface area contributed by atoms with E-state index in [1.54, 1.807) is 20.8 Å². The lowest BCUT2D eigenvalue weighted by Crippen LogP contribution is -2.50. The van der Waals surface area contributed by atoms with Crippen molar-refractivity contribution < 1.29 is 23.5 Å². The van der Waals surface area contributed by atoms with Crippen molar-refractivity contribution in [1.29, 1.82) is 0 Å². The summed E-state index contributed by atoms with van der Waals surface area (Å²) in [6, 6.07) is 5.19. The van der Waals surface area contributed by atoms with E-state index in [4.69, 9.17) is 4.74 Å². The number of rotatable bonds is 8. The fraction of sp³-hybridized carbons (Fsp3) is 0.471. The number of carbonyl (C=O) groups is 3. The van der Waals surface area contributed by atoms with Crippen LogP contribution in [-0.4, -0.2) is 36.5 Å². The van der Waals surface area contributed by atoms with Crippen LogP contribution in [0.3, 0.4) is 0 Å². The molecule has 0 aromatic heterocycles. The summed E-state index contributed by atoms with van der Waals surface area (Å²) < 4.78 is 17.7. The molecule has 0 unspecified atom stereocenters. The molecule has 24 heavy (non-hydrogen) atoms. The number of halogens is 1. The highest BCUT2D eigenvalue weighted by atomic mass is 19.1. The molecule has 132 valence electrons. The summed E-state index contributed by atoms with van der Waals surface area (Å²) >= 11 is 0. The lowest BCUT2D eigenvalue weighted by atomic mass is 10.1. The van der Waals surface area contributed by atoms with Crippen molar-refractivity contribution in [3.8, 4) is 0 Å². The predicted molar refractivity (Wildman–Crippen MR) is 86.8 cm³/mol. The van der Waals surface area contributed by atoms with E-state index < -0.39 is 17.3 Å². The van der Waals surface area contributed by atoms with Gasteiger partial charge in [-0.05, 0) is 51.5 Å². The number of amides is 2. The Hall–Kier alpha value is -2.44. The van der Waals surface area contributed by atoms with Crippen molar-refractivity contribution >= 4 is 17.8 Å². The zero-order valence-electron chi connectivity index (χ0n) is 14.1. The number of carbonyl (C=O) groups excluding carboxylic acids is 3. The first-order valence-corrected chi connectivity index (χ1v) is 7.78. The average molecular weight is 338 g/mol. The molecule has 0 heterocycles. The topological polar surface area (TPSA) is 84.5 Å². The van der Waals surface area contributed by atoms with E-state index in [9.17, 15) is 18.8 Å². The van der Waals surface area contributed by atoms with Crippen molar-refractivity contribution in [2.75, 3.05) is 13.2 Å². The van der Waals surface area contributed by atoms with Gasteiger partial charge in [-0.25, -0.2) is 9.18 Å². The lowest BCUT2D eigenvalue weighted by molar-refractivity contribution is -0.151. The Balaban J connectivity index is 2.31. The van der Waals surface area contributed by atoms with Gasteiger partial charge in [-0.15, -0.1) is 0 Å². The van der Waals surface area contributed by atoms with Gasteiger partial charge >= 0.3 is 5.97 Å². The molecular weight excluding hydrogens is 315 g/mol. The third-order valence-corrected chi connectivity index (χ3v) is 3.21. The molecule has 2 amide bonds. The summed E-state index contributed by atoms with van der Waals surface area (Å²) in [5, 5.41) is 5.25. The molecule has 0 spiro atoms. The van der Waals surface area contributed by atoms with Gasteiger partial charge in [-0.2, -0.15) is 0 Å². The summed E-state index contributed by atoms with van der Waals surface area (Å²) in [7, 11) is 0. The standard InChI is InChI=1S/C17H23FN2O4/c1-4-24-16(23)17(2,3)20-14(21)6-5-11-19-15(22)12-7-9-13(18)10-8-12/h7-10H,4-6,11H2,1-3H3,(H,19,22)(H,20,21). The third-order valence-electron chi connectivity index (χ3n) is 3.21. The second-order valence-corrected chi connectivity index (χ2v) is 5.76. The number of esters is 1. The van der Waals surface area contributed by atoms with Crippen molar-refractivity contribution in [2.24, 2.45) is 0 Å². The SMILES string of the molecule is CCOC(=O)C(C)(C)NC(=O)CCCNC(=O)c1ccc(F)cc1. The second-order valence-electron chi connectivity index (χ2n) is 5.76. The van der Waals surface area contributed by atoms with Crippen LogP contribution in [0.15, 0.2) is 24.3 Å². The summed E-state index contributed by atoms with van der Waals surface area (Å²) in [6.07, 6.45) is 0.574.